The van der Waals surface area contributed by atoms with Crippen LogP contribution in [0.5, 0.6) is 0 Å². The lowest BCUT2D eigenvalue weighted by Gasteiger charge is -2.16. The quantitative estimate of drug-likeness (QED) is 0.872. The normalized spacial score (nSPS) is 16.1. The van der Waals surface area contributed by atoms with Crippen molar-refractivity contribution in [1.82, 2.24) is 14.7 Å². The Balaban J connectivity index is 1.52. The molecule has 1 N–H and O–H groups in total. The Morgan fingerprint density at radius 1 is 1.20 bits per heavy atom. The predicted molar refractivity (Wildman–Crippen MR) is 101 cm³/mol. The second-order valence-corrected chi connectivity index (χ2v) is 7.15. The average Bonchev–Trinajstić information content (AvgIpc) is 3.18. The fourth-order valence-electron chi connectivity index (χ4n) is 3.55. The van der Waals surface area contributed by atoms with Crippen LogP contribution < -0.4 is 5.32 Å². The van der Waals surface area contributed by atoms with Crippen LogP contribution >= 0.6 is 0 Å². The van der Waals surface area contributed by atoms with E-state index >= 15 is 0 Å². The van der Waals surface area contributed by atoms with Crippen LogP contribution in [0.4, 0.5) is 5.69 Å². The first-order valence-corrected chi connectivity index (χ1v) is 9.15. The zero-order valence-corrected chi connectivity index (χ0v) is 15.5. The first-order chi connectivity index (χ1) is 12.0. The number of carbonyl (C=O) groups is 1. The van der Waals surface area contributed by atoms with Gasteiger partial charge in [0, 0.05) is 24.3 Å². The predicted octanol–water partition coefficient (Wildman–Crippen LogP) is 3.69. The Morgan fingerprint density at radius 3 is 2.48 bits per heavy atom. The van der Waals surface area contributed by atoms with Crippen LogP contribution in [0.1, 0.15) is 49.2 Å². The molecule has 1 fully saturated rings. The fraction of sp³-hybridized carbons (Fsp3) is 0.500. The van der Waals surface area contributed by atoms with E-state index in [4.69, 9.17) is 0 Å². The Labute approximate surface area is 150 Å². The molecule has 25 heavy (non-hydrogen) atoms. The van der Waals surface area contributed by atoms with Crippen LogP contribution in [-0.2, 0) is 11.3 Å². The summed E-state index contributed by atoms with van der Waals surface area (Å²) in [4.78, 5) is 14.8. The summed E-state index contributed by atoms with van der Waals surface area (Å²) in [6.45, 7) is 9.42. The summed E-state index contributed by atoms with van der Waals surface area (Å²) >= 11 is 0. The number of nitrogens with zero attached hydrogens (tertiary/aromatic N) is 3. The van der Waals surface area contributed by atoms with Gasteiger partial charge in [-0.2, -0.15) is 5.10 Å². The molecule has 5 nitrogen and oxygen atoms in total. The summed E-state index contributed by atoms with van der Waals surface area (Å²) in [7, 11) is 0. The lowest BCUT2D eigenvalue weighted by atomic mass is 10.2. The van der Waals surface area contributed by atoms with Crippen molar-refractivity contribution in [3.63, 3.8) is 0 Å². The molecule has 2 aromatic rings. The minimum absolute atomic E-state index is 0.0207. The van der Waals surface area contributed by atoms with Crippen LogP contribution in [0.2, 0.25) is 0 Å². The molecule has 1 aliphatic heterocycles. The van der Waals surface area contributed by atoms with Gasteiger partial charge in [-0.15, -0.1) is 0 Å². The third-order valence-corrected chi connectivity index (χ3v) is 4.79. The summed E-state index contributed by atoms with van der Waals surface area (Å²) in [6, 6.07) is 10.3. The van der Waals surface area contributed by atoms with Crippen molar-refractivity contribution < 1.29 is 4.79 Å². The molecule has 1 atom stereocenters. The van der Waals surface area contributed by atoms with E-state index in [0.29, 0.717) is 6.42 Å². The number of rotatable bonds is 6. The van der Waals surface area contributed by atoms with Crippen LogP contribution in [0.25, 0.3) is 0 Å². The third kappa shape index (κ3) is 4.69. The minimum Gasteiger partial charge on any atom is -0.326 e. The summed E-state index contributed by atoms with van der Waals surface area (Å²) in [5.74, 6) is 0.0207. The molecule has 0 aliphatic carbocycles. The number of carbonyl (C=O) groups excluding carboxylic acids is 1. The van der Waals surface area contributed by atoms with Crippen LogP contribution in [0, 0.1) is 13.8 Å². The van der Waals surface area contributed by atoms with Gasteiger partial charge < -0.3 is 5.32 Å². The number of aryl methyl sites for hydroxylation is 2. The molecule has 0 saturated carbocycles. The van der Waals surface area contributed by atoms with Gasteiger partial charge in [-0.3, -0.25) is 14.4 Å². The maximum Gasteiger partial charge on any atom is 0.226 e. The average molecular weight is 340 g/mol. The van der Waals surface area contributed by atoms with Gasteiger partial charge in [0.05, 0.1) is 11.7 Å². The number of aromatic nitrogens is 2. The summed E-state index contributed by atoms with van der Waals surface area (Å²) in [5.41, 5.74) is 4.23. The summed E-state index contributed by atoms with van der Waals surface area (Å²) < 4.78 is 1.92. The molecule has 0 bridgehead atoms. The largest absolute Gasteiger partial charge is 0.326 e. The topological polar surface area (TPSA) is 50.2 Å². The number of nitrogens with one attached hydrogen (secondary N) is 1. The van der Waals surface area contributed by atoms with E-state index in [-0.39, 0.29) is 11.9 Å². The van der Waals surface area contributed by atoms with Crippen molar-refractivity contribution in [2.75, 3.05) is 18.4 Å². The summed E-state index contributed by atoms with van der Waals surface area (Å²) in [5, 5.41) is 7.46. The monoisotopic (exact) mass is 340 g/mol. The SMILES string of the molecule is Cc1cc(C)n([C@@H](C)CC(=O)Nc2ccc(CN3CCCC3)cc2)n1. The number of anilines is 1. The second-order valence-electron chi connectivity index (χ2n) is 7.15. The van der Waals surface area contributed by atoms with Crippen molar-refractivity contribution in [2.24, 2.45) is 0 Å². The highest BCUT2D eigenvalue weighted by Crippen LogP contribution is 2.18. The number of benzene rings is 1. The highest BCUT2D eigenvalue weighted by Gasteiger charge is 2.15. The molecule has 134 valence electrons. The molecule has 1 aromatic heterocycles. The van der Waals surface area contributed by atoms with Crippen molar-refractivity contribution in [1.29, 1.82) is 0 Å². The number of hydrogen-bond donors (Lipinski definition) is 1. The molecule has 1 saturated heterocycles. The molecule has 2 heterocycles. The number of hydrogen-bond acceptors (Lipinski definition) is 3. The molecular formula is C20H28N4O. The lowest BCUT2D eigenvalue weighted by Crippen LogP contribution is -2.19. The first-order valence-electron chi connectivity index (χ1n) is 9.15. The Morgan fingerprint density at radius 2 is 1.88 bits per heavy atom. The van der Waals surface area contributed by atoms with Gasteiger partial charge in [0.25, 0.3) is 0 Å². The maximum absolute atomic E-state index is 12.3. The Hall–Kier alpha value is -2.14. The fourth-order valence-corrected chi connectivity index (χ4v) is 3.55. The highest BCUT2D eigenvalue weighted by molar-refractivity contribution is 5.90. The van der Waals surface area contributed by atoms with Gasteiger partial charge in [0.2, 0.25) is 5.91 Å². The molecule has 0 radical (unpaired) electrons. The lowest BCUT2D eigenvalue weighted by molar-refractivity contribution is -0.116. The van der Waals surface area contributed by atoms with E-state index in [9.17, 15) is 4.79 Å². The highest BCUT2D eigenvalue weighted by atomic mass is 16.1. The zero-order chi connectivity index (χ0) is 17.8. The van der Waals surface area contributed by atoms with Gasteiger partial charge in [0.15, 0.2) is 0 Å². The van der Waals surface area contributed by atoms with Crippen molar-refractivity contribution >= 4 is 11.6 Å². The Bertz CT molecular complexity index is 714. The van der Waals surface area contributed by atoms with Crippen molar-refractivity contribution in [2.45, 2.75) is 52.6 Å². The van der Waals surface area contributed by atoms with E-state index in [0.717, 1.165) is 23.6 Å². The third-order valence-electron chi connectivity index (χ3n) is 4.79. The van der Waals surface area contributed by atoms with Gasteiger partial charge in [-0.25, -0.2) is 0 Å². The van der Waals surface area contributed by atoms with E-state index < -0.39 is 0 Å². The number of likely N-dealkylation sites (tertiary alicyclic amines) is 1. The standard InChI is InChI=1S/C20H28N4O/c1-15-12-16(2)24(22-15)17(3)13-20(25)21-19-8-6-18(7-9-19)14-23-10-4-5-11-23/h6-9,12,17H,4-5,10-11,13-14H2,1-3H3,(H,21,25)/t17-/m0/s1. The molecule has 1 amide bonds. The molecule has 3 rings (SSSR count). The zero-order valence-electron chi connectivity index (χ0n) is 15.5. The van der Waals surface area contributed by atoms with E-state index in [1.807, 2.05) is 43.7 Å². The molecule has 1 aliphatic rings. The van der Waals surface area contributed by atoms with Gasteiger partial charge in [-0.1, -0.05) is 12.1 Å². The van der Waals surface area contributed by atoms with Gasteiger partial charge in [-0.05, 0) is 70.5 Å². The number of amides is 1. The molecular weight excluding hydrogens is 312 g/mol. The van der Waals surface area contributed by atoms with E-state index in [2.05, 4.69) is 27.4 Å². The molecule has 5 heteroatoms. The maximum atomic E-state index is 12.3. The first kappa shape index (κ1) is 17.7. The Kier molecular flexibility index (Phi) is 5.53. The summed E-state index contributed by atoms with van der Waals surface area (Å²) in [6.07, 6.45) is 3.03. The van der Waals surface area contributed by atoms with Crippen molar-refractivity contribution in [3.05, 3.63) is 47.3 Å². The van der Waals surface area contributed by atoms with Crippen LogP contribution in [0.3, 0.4) is 0 Å². The van der Waals surface area contributed by atoms with Gasteiger partial charge >= 0.3 is 0 Å². The van der Waals surface area contributed by atoms with Crippen molar-refractivity contribution in [3.8, 4) is 0 Å². The second kappa shape index (κ2) is 7.83. The van der Waals surface area contributed by atoms with Gasteiger partial charge in [0.1, 0.15) is 0 Å². The minimum atomic E-state index is 0.0207. The van der Waals surface area contributed by atoms with E-state index in [1.54, 1.807) is 0 Å². The van der Waals surface area contributed by atoms with Crippen LogP contribution in [-0.4, -0.2) is 33.7 Å². The van der Waals surface area contributed by atoms with E-state index in [1.165, 1.54) is 31.5 Å². The molecule has 0 spiro atoms. The molecule has 1 aromatic carbocycles. The molecule has 0 unspecified atom stereocenters. The van der Waals surface area contributed by atoms with Crippen LogP contribution in [0.15, 0.2) is 30.3 Å². The smallest absolute Gasteiger partial charge is 0.226 e.